The quantitative estimate of drug-likeness (QED) is 0.618. The number of amides is 1. The van der Waals surface area contributed by atoms with Crippen LogP contribution in [0.25, 0.3) is 0 Å². The summed E-state index contributed by atoms with van der Waals surface area (Å²) in [7, 11) is 1.63. The lowest BCUT2D eigenvalue weighted by atomic mass is 9.90. The normalized spacial score (nSPS) is 22.0. The summed E-state index contributed by atoms with van der Waals surface area (Å²) in [4.78, 5) is 15.0. The molecule has 3 heterocycles. The molecule has 0 spiro atoms. The zero-order valence-corrected chi connectivity index (χ0v) is 16.4. The maximum Gasteiger partial charge on any atom is 0.254 e. The van der Waals surface area contributed by atoms with Crippen molar-refractivity contribution in [3.8, 4) is 0 Å². The summed E-state index contributed by atoms with van der Waals surface area (Å²) in [6.45, 7) is 6.71. The van der Waals surface area contributed by atoms with Crippen molar-refractivity contribution in [1.29, 1.82) is 0 Å². The highest BCUT2D eigenvalue weighted by molar-refractivity contribution is 5.95. The number of hydrogen-bond donors (Lipinski definition) is 3. The van der Waals surface area contributed by atoms with Gasteiger partial charge in [-0.15, -0.1) is 12.4 Å². The zero-order valence-electron chi connectivity index (χ0n) is 15.6. The Hall–Kier alpha value is -1.15. The van der Waals surface area contributed by atoms with Gasteiger partial charge < -0.3 is 20.3 Å². The number of ether oxygens (including phenoxy) is 1. The third-order valence-corrected chi connectivity index (χ3v) is 5.39. The lowest BCUT2D eigenvalue weighted by Crippen LogP contribution is -2.41. The number of halogens is 1. The standard InChI is InChI=1S/C18H31N5O2.ClH/c1-25-10-8-20-18(24)16-11-21-22-17(16)15-3-2-9-23(13-15)12-14-4-6-19-7-5-14;/h11,14-15,19H,2-10,12-13H2,1H3,(H,20,24)(H,21,22);1H. The summed E-state index contributed by atoms with van der Waals surface area (Å²) in [5.41, 5.74) is 1.68. The van der Waals surface area contributed by atoms with Crippen molar-refractivity contribution in [3.05, 3.63) is 17.5 Å². The van der Waals surface area contributed by atoms with Gasteiger partial charge >= 0.3 is 0 Å². The molecule has 148 valence electrons. The molecule has 1 atom stereocenters. The molecule has 0 saturated carbocycles. The Balaban J connectivity index is 0.00000243. The molecule has 2 saturated heterocycles. The molecule has 3 rings (SSSR count). The van der Waals surface area contributed by atoms with E-state index in [1.54, 1.807) is 13.3 Å². The lowest BCUT2D eigenvalue weighted by molar-refractivity contribution is 0.0934. The zero-order chi connectivity index (χ0) is 17.5. The van der Waals surface area contributed by atoms with Gasteiger partial charge in [0.15, 0.2) is 0 Å². The number of nitrogens with zero attached hydrogens (tertiary/aromatic N) is 2. The van der Waals surface area contributed by atoms with E-state index in [1.807, 2.05) is 0 Å². The highest BCUT2D eigenvalue weighted by atomic mass is 35.5. The molecule has 3 N–H and O–H groups in total. The fraction of sp³-hybridized carbons (Fsp3) is 0.778. The number of rotatable bonds is 7. The second-order valence-electron chi connectivity index (χ2n) is 7.24. The van der Waals surface area contributed by atoms with Crippen LogP contribution < -0.4 is 10.6 Å². The summed E-state index contributed by atoms with van der Waals surface area (Å²) in [6, 6.07) is 0. The van der Waals surface area contributed by atoms with E-state index in [4.69, 9.17) is 4.74 Å². The molecule has 0 aromatic carbocycles. The van der Waals surface area contributed by atoms with E-state index in [0.29, 0.717) is 24.6 Å². The van der Waals surface area contributed by atoms with Gasteiger partial charge in [0.2, 0.25) is 0 Å². The Morgan fingerprint density at radius 1 is 1.38 bits per heavy atom. The smallest absolute Gasteiger partial charge is 0.254 e. The van der Waals surface area contributed by atoms with Gasteiger partial charge in [0.1, 0.15) is 0 Å². The first kappa shape index (κ1) is 21.2. The second-order valence-corrected chi connectivity index (χ2v) is 7.24. The number of likely N-dealkylation sites (tertiary alicyclic amines) is 1. The Morgan fingerprint density at radius 3 is 2.96 bits per heavy atom. The minimum atomic E-state index is -0.0590. The van der Waals surface area contributed by atoms with Gasteiger partial charge in [-0.1, -0.05) is 0 Å². The van der Waals surface area contributed by atoms with Crippen LogP contribution in [0, 0.1) is 5.92 Å². The highest BCUT2D eigenvalue weighted by Crippen LogP contribution is 2.29. The fourth-order valence-electron chi connectivity index (χ4n) is 4.04. The first-order valence-electron chi connectivity index (χ1n) is 9.51. The number of methoxy groups -OCH3 is 1. The number of aromatic amines is 1. The lowest BCUT2D eigenvalue weighted by Gasteiger charge is -2.36. The number of aromatic nitrogens is 2. The molecule has 2 fully saturated rings. The van der Waals surface area contributed by atoms with E-state index in [9.17, 15) is 4.79 Å². The van der Waals surface area contributed by atoms with Crippen molar-refractivity contribution in [1.82, 2.24) is 25.7 Å². The van der Waals surface area contributed by atoms with E-state index in [1.165, 1.54) is 32.4 Å². The average molecular weight is 386 g/mol. The number of piperidine rings is 2. The molecule has 2 aliphatic rings. The van der Waals surface area contributed by atoms with E-state index in [0.717, 1.165) is 37.7 Å². The maximum atomic E-state index is 12.4. The average Bonchev–Trinajstić information content (AvgIpc) is 3.13. The Morgan fingerprint density at radius 2 is 2.19 bits per heavy atom. The molecule has 0 bridgehead atoms. The number of carbonyl (C=O) groups excluding carboxylic acids is 1. The van der Waals surface area contributed by atoms with Crippen molar-refractivity contribution in [2.45, 2.75) is 31.6 Å². The van der Waals surface area contributed by atoms with Gasteiger partial charge in [0, 0.05) is 32.7 Å². The summed E-state index contributed by atoms with van der Waals surface area (Å²) in [5, 5.41) is 13.6. The molecule has 26 heavy (non-hydrogen) atoms. The van der Waals surface area contributed by atoms with Gasteiger partial charge in [-0.05, 0) is 51.2 Å². The van der Waals surface area contributed by atoms with Crippen LogP contribution in [0.1, 0.15) is 47.7 Å². The molecular formula is C18H32ClN5O2. The minimum Gasteiger partial charge on any atom is -0.383 e. The monoisotopic (exact) mass is 385 g/mol. The molecule has 1 aromatic rings. The summed E-state index contributed by atoms with van der Waals surface area (Å²) in [5.74, 6) is 1.11. The van der Waals surface area contributed by atoms with Crippen LogP contribution in [-0.2, 0) is 4.74 Å². The maximum absolute atomic E-state index is 12.4. The first-order chi connectivity index (χ1) is 12.3. The fourth-order valence-corrected chi connectivity index (χ4v) is 4.04. The van der Waals surface area contributed by atoms with Crippen LogP contribution in [0.15, 0.2) is 6.20 Å². The van der Waals surface area contributed by atoms with Crippen molar-refractivity contribution in [2.75, 3.05) is 53.0 Å². The predicted molar refractivity (Wildman–Crippen MR) is 104 cm³/mol. The highest BCUT2D eigenvalue weighted by Gasteiger charge is 2.28. The van der Waals surface area contributed by atoms with E-state index in [2.05, 4.69) is 25.7 Å². The molecule has 7 nitrogen and oxygen atoms in total. The number of hydrogen-bond acceptors (Lipinski definition) is 5. The van der Waals surface area contributed by atoms with Crippen LogP contribution in [0.5, 0.6) is 0 Å². The van der Waals surface area contributed by atoms with Gasteiger partial charge in [0.25, 0.3) is 5.91 Å². The Kier molecular flexibility index (Phi) is 8.84. The molecule has 1 unspecified atom stereocenters. The number of carbonyl (C=O) groups is 1. The third kappa shape index (κ3) is 5.67. The van der Waals surface area contributed by atoms with Crippen molar-refractivity contribution in [2.24, 2.45) is 5.92 Å². The third-order valence-electron chi connectivity index (χ3n) is 5.39. The SMILES string of the molecule is COCCNC(=O)c1cn[nH]c1C1CCCN(CC2CCNCC2)C1.Cl. The van der Waals surface area contributed by atoms with E-state index in [-0.39, 0.29) is 18.3 Å². The van der Waals surface area contributed by atoms with Crippen LogP contribution in [0.2, 0.25) is 0 Å². The van der Waals surface area contributed by atoms with Crippen molar-refractivity contribution in [3.63, 3.8) is 0 Å². The van der Waals surface area contributed by atoms with Crippen LogP contribution in [0.4, 0.5) is 0 Å². The number of H-pyrrole nitrogens is 1. The second kappa shape index (κ2) is 10.9. The molecule has 1 amide bonds. The summed E-state index contributed by atoms with van der Waals surface area (Å²) < 4.78 is 4.99. The largest absolute Gasteiger partial charge is 0.383 e. The van der Waals surface area contributed by atoms with Crippen LogP contribution in [0.3, 0.4) is 0 Å². The van der Waals surface area contributed by atoms with Crippen LogP contribution in [-0.4, -0.2) is 74.0 Å². The number of nitrogens with one attached hydrogen (secondary N) is 3. The molecular weight excluding hydrogens is 354 g/mol. The van der Waals surface area contributed by atoms with Gasteiger partial charge in [-0.25, -0.2) is 0 Å². The van der Waals surface area contributed by atoms with Gasteiger partial charge in [-0.3, -0.25) is 9.89 Å². The first-order valence-corrected chi connectivity index (χ1v) is 9.51. The molecule has 8 heteroatoms. The Bertz CT molecular complexity index is 547. The van der Waals surface area contributed by atoms with E-state index >= 15 is 0 Å². The molecule has 1 aromatic heterocycles. The topological polar surface area (TPSA) is 82.3 Å². The summed E-state index contributed by atoms with van der Waals surface area (Å²) in [6.07, 6.45) is 6.50. The van der Waals surface area contributed by atoms with Crippen molar-refractivity contribution >= 4 is 18.3 Å². The molecule has 0 radical (unpaired) electrons. The minimum absolute atomic E-state index is 0. The molecule has 0 aliphatic carbocycles. The summed E-state index contributed by atoms with van der Waals surface area (Å²) >= 11 is 0. The van der Waals surface area contributed by atoms with E-state index < -0.39 is 0 Å². The van der Waals surface area contributed by atoms with Crippen molar-refractivity contribution < 1.29 is 9.53 Å². The Labute approximate surface area is 162 Å². The predicted octanol–water partition coefficient (Wildman–Crippen LogP) is 1.39. The van der Waals surface area contributed by atoms with Gasteiger partial charge in [0.05, 0.1) is 24.1 Å². The van der Waals surface area contributed by atoms with Crippen LogP contribution >= 0.6 is 12.4 Å². The van der Waals surface area contributed by atoms with Gasteiger partial charge in [-0.2, -0.15) is 5.10 Å². The molecule has 2 aliphatic heterocycles.